The molecule has 7 aromatic carbocycles. The molecule has 2 heterocycles. The molecular weight excluding hydrogens is 569 g/mol. The minimum absolute atomic E-state index is 0.641. The molecular formula is C41H26N2OS. The van der Waals surface area contributed by atoms with Gasteiger partial charge < -0.3 is 9.32 Å². The van der Waals surface area contributed by atoms with Gasteiger partial charge in [-0.05, 0) is 89.3 Å². The van der Waals surface area contributed by atoms with E-state index < -0.39 is 0 Å². The fourth-order valence-electron chi connectivity index (χ4n) is 6.37. The first-order valence-electron chi connectivity index (χ1n) is 15.0. The maximum atomic E-state index is 6.16. The second-order valence-electron chi connectivity index (χ2n) is 11.2. The number of para-hydroxylation sites is 1. The van der Waals surface area contributed by atoms with Crippen molar-refractivity contribution in [1.82, 2.24) is 4.98 Å². The molecule has 9 rings (SSSR count). The maximum Gasteiger partial charge on any atom is 0.227 e. The molecule has 9 aromatic rings. The minimum atomic E-state index is 0.641. The molecule has 0 fully saturated rings. The quantitative estimate of drug-likeness (QED) is 0.198. The Morgan fingerprint density at radius 1 is 0.467 bits per heavy atom. The van der Waals surface area contributed by atoms with E-state index >= 15 is 0 Å². The predicted molar refractivity (Wildman–Crippen MR) is 190 cm³/mol. The van der Waals surface area contributed by atoms with Crippen LogP contribution in [0.3, 0.4) is 0 Å². The van der Waals surface area contributed by atoms with E-state index in [1.54, 1.807) is 0 Å². The lowest BCUT2D eigenvalue weighted by molar-refractivity contribution is 0.620. The first-order chi connectivity index (χ1) is 22.3. The molecule has 45 heavy (non-hydrogen) atoms. The summed E-state index contributed by atoms with van der Waals surface area (Å²) in [5, 5.41) is 4.83. The Morgan fingerprint density at radius 3 is 2.00 bits per heavy atom. The summed E-state index contributed by atoms with van der Waals surface area (Å²) in [4.78, 5) is 7.25. The normalized spacial score (nSPS) is 11.6. The average Bonchev–Trinajstić information content (AvgIpc) is 3.72. The zero-order chi connectivity index (χ0) is 29.7. The number of hydrogen-bond acceptors (Lipinski definition) is 4. The van der Waals surface area contributed by atoms with Crippen LogP contribution in [0.4, 0.5) is 17.1 Å². The van der Waals surface area contributed by atoms with Crippen molar-refractivity contribution >= 4 is 70.4 Å². The van der Waals surface area contributed by atoms with E-state index in [-0.39, 0.29) is 0 Å². The van der Waals surface area contributed by atoms with Crippen molar-refractivity contribution in [2.75, 3.05) is 4.90 Å². The first-order valence-corrected chi connectivity index (χ1v) is 15.9. The smallest absolute Gasteiger partial charge is 0.227 e. The molecule has 0 N–H and O–H groups in total. The second-order valence-corrected chi connectivity index (χ2v) is 12.3. The van der Waals surface area contributed by atoms with Gasteiger partial charge >= 0.3 is 0 Å². The number of nitrogens with zero attached hydrogens (tertiary/aromatic N) is 2. The summed E-state index contributed by atoms with van der Waals surface area (Å²) in [6.07, 6.45) is 0. The fraction of sp³-hybridized carbons (Fsp3) is 0. The summed E-state index contributed by atoms with van der Waals surface area (Å²) in [5.74, 6) is 0.641. The molecule has 0 aliphatic heterocycles. The third-order valence-electron chi connectivity index (χ3n) is 8.51. The number of anilines is 3. The van der Waals surface area contributed by atoms with Crippen molar-refractivity contribution in [1.29, 1.82) is 0 Å². The van der Waals surface area contributed by atoms with Gasteiger partial charge in [0.25, 0.3) is 0 Å². The third-order valence-corrected chi connectivity index (χ3v) is 9.66. The fourth-order valence-corrected chi connectivity index (χ4v) is 7.46. The van der Waals surface area contributed by atoms with Crippen molar-refractivity contribution in [3.05, 3.63) is 158 Å². The molecule has 0 saturated heterocycles. The summed E-state index contributed by atoms with van der Waals surface area (Å²) in [5.41, 5.74) is 8.35. The predicted octanol–water partition coefficient (Wildman–Crippen LogP) is 12.2. The lowest BCUT2D eigenvalue weighted by Gasteiger charge is -2.26. The Kier molecular flexibility index (Phi) is 6.00. The molecule has 0 unspecified atom stereocenters. The lowest BCUT2D eigenvalue weighted by Crippen LogP contribution is -2.09. The standard InChI is InChI=1S/C41H26N2OS/c1-3-10-28(11-4-1)41-42-40-35-16-9-15-32(33(35)23-24-37(40)44-41)27-18-20-30(21-19-27)43(29-12-5-2-6-13-29)31-22-25-39-36(26-31)34-14-7-8-17-38(34)45-39/h1-26H. The van der Waals surface area contributed by atoms with Crippen molar-refractivity contribution < 1.29 is 4.42 Å². The summed E-state index contributed by atoms with van der Waals surface area (Å²) in [6.45, 7) is 0. The van der Waals surface area contributed by atoms with Crippen LogP contribution in [0.1, 0.15) is 0 Å². The van der Waals surface area contributed by atoms with E-state index in [1.807, 2.05) is 47.7 Å². The zero-order valence-electron chi connectivity index (χ0n) is 24.2. The Bertz CT molecular complexity index is 2480. The van der Waals surface area contributed by atoms with Gasteiger partial charge in [-0.2, -0.15) is 0 Å². The number of aromatic nitrogens is 1. The number of fused-ring (bicyclic) bond motifs is 6. The molecule has 212 valence electrons. The summed E-state index contributed by atoms with van der Waals surface area (Å²) in [7, 11) is 0. The van der Waals surface area contributed by atoms with E-state index in [1.165, 1.54) is 25.7 Å². The number of benzene rings is 7. The van der Waals surface area contributed by atoms with Gasteiger partial charge in [-0.15, -0.1) is 11.3 Å². The minimum Gasteiger partial charge on any atom is -0.436 e. The van der Waals surface area contributed by atoms with Crippen LogP contribution >= 0.6 is 11.3 Å². The largest absolute Gasteiger partial charge is 0.436 e. The molecule has 0 radical (unpaired) electrons. The second kappa shape index (κ2) is 10.5. The van der Waals surface area contributed by atoms with E-state index in [2.05, 4.69) is 126 Å². The molecule has 0 bridgehead atoms. The van der Waals surface area contributed by atoms with Crippen molar-refractivity contribution in [3.8, 4) is 22.6 Å². The highest BCUT2D eigenvalue weighted by atomic mass is 32.1. The van der Waals surface area contributed by atoms with Gasteiger partial charge in [0.05, 0.1) is 0 Å². The van der Waals surface area contributed by atoms with Crippen LogP contribution in [0.15, 0.2) is 162 Å². The monoisotopic (exact) mass is 594 g/mol. The van der Waals surface area contributed by atoms with E-state index in [4.69, 9.17) is 9.40 Å². The van der Waals surface area contributed by atoms with E-state index in [0.29, 0.717) is 5.89 Å². The molecule has 0 atom stereocenters. The van der Waals surface area contributed by atoms with Crippen LogP contribution in [-0.4, -0.2) is 4.98 Å². The Labute approximate surface area is 264 Å². The van der Waals surface area contributed by atoms with Crippen LogP contribution in [-0.2, 0) is 0 Å². The third kappa shape index (κ3) is 4.38. The molecule has 3 nitrogen and oxygen atoms in total. The van der Waals surface area contributed by atoms with Crippen molar-refractivity contribution in [2.45, 2.75) is 0 Å². The Hall–Kier alpha value is -5.71. The number of rotatable bonds is 5. The molecule has 4 heteroatoms. The molecule has 0 spiro atoms. The van der Waals surface area contributed by atoms with Crippen LogP contribution in [0.5, 0.6) is 0 Å². The number of thiophene rings is 1. The van der Waals surface area contributed by atoms with Crippen LogP contribution in [0.25, 0.3) is 64.6 Å². The van der Waals surface area contributed by atoms with Gasteiger partial charge in [0.1, 0.15) is 5.52 Å². The van der Waals surface area contributed by atoms with Crippen LogP contribution < -0.4 is 4.90 Å². The van der Waals surface area contributed by atoms with E-state index in [0.717, 1.165) is 50.1 Å². The summed E-state index contributed by atoms with van der Waals surface area (Å²) >= 11 is 1.85. The van der Waals surface area contributed by atoms with Crippen molar-refractivity contribution in [2.24, 2.45) is 0 Å². The van der Waals surface area contributed by atoms with Gasteiger partial charge in [0, 0.05) is 48.2 Å². The van der Waals surface area contributed by atoms with Gasteiger partial charge in [0.2, 0.25) is 5.89 Å². The first kappa shape index (κ1) is 25.8. The number of hydrogen-bond donors (Lipinski definition) is 0. The van der Waals surface area contributed by atoms with E-state index in [9.17, 15) is 0 Å². The zero-order valence-corrected chi connectivity index (χ0v) is 25.0. The average molecular weight is 595 g/mol. The van der Waals surface area contributed by atoms with Crippen LogP contribution in [0, 0.1) is 0 Å². The molecule has 0 amide bonds. The van der Waals surface area contributed by atoms with Crippen molar-refractivity contribution in [3.63, 3.8) is 0 Å². The summed E-state index contributed by atoms with van der Waals surface area (Å²) in [6, 6.07) is 55.6. The Balaban J connectivity index is 1.14. The summed E-state index contributed by atoms with van der Waals surface area (Å²) < 4.78 is 8.78. The molecule has 2 aromatic heterocycles. The highest BCUT2D eigenvalue weighted by molar-refractivity contribution is 7.25. The van der Waals surface area contributed by atoms with Gasteiger partial charge in [-0.1, -0.05) is 84.9 Å². The lowest BCUT2D eigenvalue weighted by atomic mass is 9.97. The van der Waals surface area contributed by atoms with Gasteiger partial charge in [-0.3, -0.25) is 0 Å². The van der Waals surface area contributed by atoms with Gasteiger partial charge in [-0.25, -0.2) is 4.98 Å². The molecule has 0 aliphatic carbocycles. The maximum absolute atomic E-state index is 6.16. The SMILES string of the molecule is c1ccc(-c2nc3c(ccc4c(-c5ccc(N(c6ccccc6)c6ccc7sc8ccccc8c7c6)cc5)cccc43)o2)cc1. The van der Waals surface area contributed by atoms with Gasteiger partial charge in [0.15, 0.2) is 5.58 Å². The molecule has 0 saturated carbocycles. The topological polar surface area (TPSA) is 29.3 Å². The number of oxazole rings is 1. The Morgan fingerprint density at radius 2 is 1.16 bits per heavy atom. The molecule has 0 aliphatic rings. The highest BCUT2D eigenvalue weighted by Gasteiger charge is 2.16. The van der Waals surface area contributed by atoms with Crippen LogP contribution in [0.2, 0.25) is 0 Å². The highest BCUT2D eigenvalue weighted by Crippen LogP contribution is 2.41.